The zero-order valence-corrected chi connectivity index (χ0v) is 10.8. The first-order chi connectivity index (χ1) is 9.24. The third kappa shape index (κ3) is 2.39. The minimum atomic E-state index is 0.506. The summed E-state index contributed by atoms with van der Waals surface area (Å²) < 4.78 is 10.6. The molecule has 2 N–H and O–H groups in total. The van der Waals surface area contributed by atoms with Crippen LogP contribution >= 0.6 is 0 Å². The molecule has 1 aliphatic rings. The molecule has 100 valence electrons. The normalized spacial score (nSPS) is 15.7. The highest BCUT2D eigenvalue weighted by Crippen LogP contribution is 2.25. The molecule has 19 heavy (non-hydrogen) atoms. The van der Waals surface area contributed by atoms with Crippen molar-refractivity contribution >= 4 is 11.6 Å². The summed E-state index contributed by atoms with van der Waals surface area (Å²) in [4.78, 5) is 6.50. The fourth-order valence-corrected chi connectivity index (χ4v) is 2.09. The van der Waals surface area contributed by atoms with E-state index in [1.54, 1.807) is 0 Å². The molecular formula is C13H16N4O2. The molecule has 6 heteroatoms. The van der Waals surface area contributed by atoms with Crippen LogP contribution in [0, 0.1) is 6.92 Å². The lowest BCUT2D eigenvalue weighted by Crippen LogP contribution is -2.36. The third-order valence-electron chi connectivity index (χ3n) is 3.20. The first-order valence-corrected chi connectivity index (χ1v) is 6.27. The SMILES string of the molecule is Cc1ccc(N)cc1-c1nc(N2CCOCC2)no1. The largest absolute Gasteiger partial charge is 0.399 e. The predicted molar refractivity (Wildman–Crippen MR) is 71.9 cm³/mol. The van der Waals surface area contributed by atoms with Crippen LogP contribution in [0.5, 0.6) is 0 Å². The molecule has 2 aromatic rings. The van der Waals surface area contributed by atoms with E-state index in [1.165, 1.54) is 0 Å². The van der Waals surface area contributed by atoms with Gasteiger partial charge in [0.2, 0.25) is 0 Å². The predicted octanol–water partition coefficient (Wildman–Crippen LogP) is 1.46. The zero-order valence-electron chi connectivity index (χ0n) is 10.8. The first kappa shape index (κ1) is 12.0. The van der Waals surface area contributed by atoms with Gasteiger partial charge in [0.1, 0.15) is 0 Å². The number of aryl methyl sites for hydroxylation is 1. The number of anilines is 2. The van der Waals surface area contributed by atoms with Crippen molar-refractivity contribution in [1.82, 2.24) is 10.1 Å². The van der Waals surface area contributed by atoms with Gasteiger partial charge in [-0.25, -0.2) is 0 Å². The summed E-state index contributed by atoms with van der Waals surface area (Å²) in [6.45, 7) is 4.96. The highest BCUT2D eigenvalue weighted by atomic mass is 16.5. The quantitative estimate of drug-likeness (QED) is 0.824. The van der Waals surface area contributed by atoms with E-state index in [0.717, 1.165) is 24.2 Å². The monoisotopic (exact) mass is 260 g/mol. The molecule has 6 nitrogen and oxygen atoms in total. The standard InChI is InChI=1S/C13H16N4O2/c1-9-2-3-10(14)8-11(9)12-15-13(16-19-12)17-4-6-18-7-5-17/h2-3,8H,4-7,14H2,1H3. The van der Waals surface area contributed by atoms with Crippen molar-refractivity contribution < 1.29 is 9.26 Å². The number of rotatable bonds is 2. The van der Waals surface area contributed by atoms with Crippen LogP contribution in [0.4, 0.5) is 11.6 Å². The van der Waals surface area contributed by atoms with Crippen molar-refractivity contribution in [3.8, 4) is 11.5 Å². The molecule has 0 bridgehead atoms. The van der Waals surface area contributed by atoms with Crippen LogP contribution in [-0.4, -0.2) is 36.4 Å². The number of nitrogens with zero attached hydrogens (tertiary/aromatic N) is 3. The van der Waals surface area contributed by atoms with Crippen LogP contribution in [0.15, 0.2) is 22.7 Å². The van der Waals surface area contributed by atoms with Gasteiger partial charge >= 0.3 is 0 Å². The topological polar surface area (TPSA) is 77.4 Å². The molecule has 0 radical (unpaired) electrons. The van der Waals surface area contributed by atoms with Crippen molar-refractivity contribution in [3.05, 3.63) is 23.8 Å². The summed E-state index contributed by atoms with van der Waals surface area (Å²) >= 11 is 0. The molecule has 1 fully saturated rings. The molecule has 1 aliphatic heterocycles. The number of hydrogen-bond acceptors (Lipinski definition) is 6. The Bertz CT molecular complexity index is 576. The zero-order chi connectivity index (χ0) is 13.2. The van der Waals surface area contributed by atoms with E-state index < -0.39 is 0 Å². The van der Waals surface area contributed by atoms with Gasteiger partial charge in [-0.1, -0.05) is 6.07 Å². The van der Waals surface area contributed by atoms with Gasteiger partial charge in [-0.15, -0.1) is 0 Å². The molecule has 3 rings (SSSR count). The van der Waals surface area contributed by atoms with E-state index >= 15 is 0 Å². The molecule has 0 unspecified atom stereocenters. The average molecular weight is 260 g/mol. The lowest BCUT2D eigenvalue weighted by Gasteiger charge is -2.24. The average Bonchev–Trinajstić information content (AvgIpc) is 2.92. The highest BCUT2D eigenvalue weighted by molar-refractivity contribution is 5.64. The smallest absolute Gasteiger partial charge is 0.266 e. The van der Waals surface area contributed by atoms with Gasteiger partial charge < -0.3 is 19.9 Å². The molecule has 1 aromatic heterocycles. The summed E-state index contributed by atoms with van der Waals surface area (Å²) in [7, 11) is 0. The summed E-state index contributed by atoms with van der Waals surface area (Å²) in [5.41, 5.74) is 8.43. The van der Waals surface area contributed by atoms with Gasteiger partial charge in [-0.05, 0) is 29.8 Å². The molecular weight excluding hydrogens is 244 g/mol. The molecule has 0 atom stereocenters. The van der Waals surface area contributed by atoms with Crippen LogP contribution in [-0.2, 0) is 4.74 Å². The third-order valence-corrected chi connectivity index (χ3v) is 3.20. The van der Waals surface area contributed by atoms with Crippen molar-refractivity contribution in [2.24, 2.45) is 0 Å². The van der Waals surface area contributed by atoms with Crippen LogP contribution < -0.4 is 10.6 Å². The lowest BCUT2D eigenvalue weighted by atomic mass is 10.1. The van der Waals surface area contributed by atoms with Gasteiger partial charge in [0.15, 0.2) is 0 Å². The second kappa shape index (κ2) is 4.89. The van der Waals surface area contributed by atoms with Crippen LogP contribution in [0.2, 0.25) is 0 Å². The summed E-state index contributed by atoms with van der Waals surface area (Å²) in [5, 5.41) is 4.03. The van der Waals surface area contributed by atoms with E-state index in [1.807, 2.05) is 25.1 Å². The number of benzene rings is 1. The van der Waals surface area contributed by atoms with Gasteiger partial charge in [-0.2, -0.15) is 4.98 Å². The molecule has 0 saturated carbocycles. The second-order valence-electron chi connectivity index (χ2n) is 4.57. The van der Waals surface area contributed by atoms with E-state index in [9.17, 15) is 0 Å². The molecule has 0 aliphatic carbocycles. The van der Waals surface area contributed by atoms with E-state index in [-0.39, 0.29) is 0 Å². The Morgan fingerprint density at radius 2 is 2.05 bits per heavy atom. The van der Waals surface area contributed by atoms with Crippen LogP contribution in [0.1, 0.15) is 5.56 Å². The Kier molecular flexibility index (Phi) is 3.08. The van der Waals surface area contributed by atoms with Crippen molar-refractivity contribution in [3.63, 3.8) is 0 Å². The van der Waals surface area contributed by atoms with Crippen LogP contribution in [0.3, 0.4) is 0 Å². The van der Waals surface area contributed by atoms with Crippen molar-refractivity contribution in [1.29, 1.82) is 0 Å². The molecule has 1 saturated heterocycles. The Balaban J connectivity index is 1.89. The lowest BCUT2D eigenvalue weighted by molar-refractivity contribution is 0.121. The maximum absolute atomic E-state index is 5.80. The first-order valence-electron chi connectivity index (χ1n) is 6.27. The number of aromatic nitrogens is 2. The van der Waals surface area contributed by atoms with Crippen LogP contribution in [0.25, 0.3) is 11.5 Å². The van der Waals surface area contributed by atoms with E-state index in [4.69, 9.17) is 15.0 Å². The Hall–Kier alpha value is -2.08. The Morgan fingerprint density at radius 1 is 1.26 bits per heavy atom. The minimum Gasteiger partial charge on any atom is -0.399 e. The summed E-state index contributed by atoms with van der Waals surface area (Å²) in [5.74, 6) is 1.12. The fraction of sp³-hybridized carbons (Fsp3) is 0.385. The number of ether oxygens (including phenoxy) is 1. The molecule has 0 amide bonds. The second-order valence-corrected chi connectivity index (χ2v) is 4.57. The van der Waals surface area contributed by atoms with Crippen molar-refractivity contribution in [2.45, 2.75) is 6.92 Å². The van der Waals surface area contributed by atoms with Gasteiger partial charge in [0, 0.05) is 24.3 Å². The minimum absolute atomic E-state index is 0.506. The number of morpholine rings is 1. The van der Waals surface area contributed by atoms with Crippen molar-refractivity contribution in [2.75, 3.05) is 36.9 Å². The van der Waals surface area contributed by atoms with E-state index in [2.05, 4.69) is 15.0 Å². The summed E-state index contributed by atoms with van der Waals surface area (Å²) in [6.07, 6.45) is 0. The van der Waals surface area contributed by atoms with Gasteiger partial charge in [0.05, 0.1) is 13.2 Å². The Morgan fingerprint density at radius 3 is 2.84 bits per heavy atom. The summed E-state index contributed by atoms with van der Waals surface area (Å²) in [6, 6.07) is 5.66. The highest BCUT2D eigenvalue weighted by Gasteiger charge is 2.18. The Labute approximate surface area is 111 Å². The number of nitrogens with two attached hydrogens (primary N) is 1. The molecule has 2 heterocycles. The number of nitrogen functional groups attached to an aromatic ring is 1. The fourth-order valence-electron chi connectivity index (χ4n) is 2.09. The van der Waals surface area contributed by atoms with Gasteiger partial charge in [-0.3, -0.25) is 0 Å². The maximum atomic E-state index is 5.80. The molecule has 0 spiro atoms. The van der Waals surface area contributed by atoms with E-state index in [0.29, 0.717) is 30.7 Å². The molecule has 1 aromatic carbocycles. The number of hydrogen-bond donors (Lipinski definition) is 1. The maximum Gasteiger partial charge on any atom is 0.266 e. The van der Waals surface area contributed by atoms with Gasteiger partial charge in [0.25, 0.3) is 11.8 Å².